The van der Waals surface area contributed by atoms with Crippen molar-refractivity contribution in [1.29, 1.82) is 0 Å². The number of aromatic nitrogens is 3. The standard InChI is InChI=1S/C13H15BrN2O2.C9H8BrN/c1-8-7-16(12(17)18-13(2,3)4)11-10(8)5-9(14)6-15-11;1-6-2-3-9-8(6)4-7(10)5-11-9/h5-7H,1-4H3;2,4-5H,3H2,1H3. The first-order valence-electron chi connectivity index (χ1n) is 9.23. The van der Waals surface area contributed by atoms with Gasteiger partial charge in [-0.15, -0.1) is 0 Å². The van der Waals surface area contributed by atoms with Crippen LogP contribution in [0.15, 0.2) is 45.7 Å². The SMILES string of the molecule is CC1=CCc2ncc(Br)cc21.Cc1cn(C(=O)OC(C)(C)C)c2ncc(Br)cc12. The number of pyridine rings is 2. The van der Waals surface area contributed by atoms with E-state index in [1.807, 2.05) is 40.0 Å². The number of ether oxygens (including phenoxy) is 1. The number of allylic oxidation sites excluding steroid dienone is 2. The third-order valence-corrected chi connectivity index (χ3v) is 5.23. The molecular weight excluding hydrogens is 498 g/mol. The predicted molar refractivity (Wildman–Crippen MR) is 123 cm³/mol. The molecule has 0 unspecified atom stereocenters. The Morgan fingerprint density at radius 3 is 2.45 bits per heavy atom. The highest BCUT2D eigenvalue weighted by atomic mass is 79.9. The quantitative estimate of drug-likeness (QED) is 0.331. The van der Waals surface area contributed by atoms with Crippen LogP contribution < -0.4 is 0 Å². The van der Waals surface area contributed by atoms with E-state index in [0.717, 1.165) is 26.3 Å². The fourth-order valence-corrected chi connectivity index (χ4v) is 3.68. The fraction of sp³-hybridized carbons (Fsp3) is 0.318. The number of carbonyl (C=O) groups excluding carboxylic acids is 1. The van der Waals surface area contributed by atoms with Gasteiger partial charge in [0.1, 0.15) is 11.2 Å². The maximum atomic E-state index is 12.1. The van der Waals surface area contributed by atoms with Crippen molar-refractivity contribution in [1.82, 2.24) is 14.5 Å². The van der Waals surface area contributed by atoms with Gasteiger partial charge in [0.05, 0.1) is 5.69 Å². The molecule has 7 heteroatoms. The average Bonchev–Trinajstić information content (AvgIpc) is 3.15. The van der Waals surface area contributed by atoms with E-state index in [1.165, 1.54) is 21.4 Å². The third kappa shape index (κ3) is 5.14. The minimum absolute atomic E-state index is 0.407. The third-order valence-electron chi connectivity index (χ3n) is 4.36. The van der Waals surface area contributed by atoms with E-state index in [-0.39, 0.29) is 0 Å². The molecule has 29 heavy (non-hydrogen) atoms. The molecule has 3 aromatic rings. The second-order valence-corrected chi connectivity index (χ2v) is 9.76. The number of aryl methyl sites for hydroxylation is 1. The summed E-state index contributed by atoms with van der Waals surface area (Å²) >= 11 is 6.78. The Bertz CT molecular complexity index is 1110. The molecule has 0 radical (unpaired) electrons. The number of rotatable bonds is 0. The molecule has 0 saturated carbocycles. The summed E-state index contributed by atoms with van der Waals surface area (Å²) in [6.07, 6.45) is 8.07. The summed E-state index contributed by atoms with van der Waals surface area (Å²) in [5.41, 5.74) is 4.92. The lowest BCUT2D eigenvalue weighted by atomic mass is 10.1. The molecule has 0 aromatic carbocycles. The Hall–Kier alpha value is -1.99. The van der Waals surface area contributed by atoms with Crippen LogP contribution in [0.25, 0.3) is 16.6 Å². The number of hydrogen-bond donors (Lipinski definition) is 0. The van der Waals surface area contributed by atoms with Crippen LogP contribution in [0, 0.1) is 6.92 Å². The monoisotopic (exact) mass is 519 g/mol. The number of nitrogens with zero attached hydrogens (tertiary/aromatic N) is 3. The topological polar surface area (TPSA) is 57.0 Å². The lowest BCUT2D eigenvalue weighted by Crippen LogP contribution is -2.26. The van der Waals surface area contributed by atoms with E-state index < -0.39 is 11.7 Å². The van der Waals surface area contributed by atoms with Crippen molar-refractivity contribution < 1.29 is 9.53 Å². The summed E-state index contributed by atoms with van der Waals surface area (Å²) in [5, 5.41) is 0.940. The van der Waals surface area contributed by atoms with Gasteiger partial charge in [0, 0.05) is 44.9 Å². The normalized spacial score (nSPS) is 12.9. The molecule has 0 N–H and O–H groups in total. The van der Waals surface area contributed by atoms with Gasteiger partial charge < -0.3 is 4.74 Å². The van der Waals surface area contributed by atoms with Crippen LogP contribution in [0.1, 0.15) is 44.5 Å². The van der Waals surface area contributed by atoms with Crippen LogP contribution in [-0.4, -0.2) is 26.2 Å². The van der Waals surface area contributed by atoms with Crippen LogP contribution >= 0.6 is 31.9 Å². The van der Waals surface area contributed by atoms with Crippen LogP contribution in [0.3, 0.4) is 0 Å². The van der Waals surface area contributed by atoms with E-state index in [2.05, 4.69) is 60.9 Å². The highest BCUT2D eigenvalue weighted by molar-refractivity contribution is 9.10. The Balaban J connectivity index is 0.000000186. The predicted octanol–water partition coefficient (Wildman–Crippen LogP) is 6.69. The van der Waals surface area contributed by atoms with Crippen molar-refractivity contribution in [3.63, 3.8) is 0 Å². The molecule has 0 bridgehead atoms. The number of fused-ring (bicyclic) bond motifs is 2. The fourth-order valence-electron chi connectivity index (χ4n) is 3.02. The molecule has 0 atom stereocenters. The lowest BCUT2D eigenvalue weighted by molar-refractivity contribution is 0.0543. The minimum atomic E-state index is -0.517. The van der Waals surface area contributed by atoms with Gasteiger partial charge in [-0.25, -0.2) is 14.3 Å². The Labute approximate surface area is 187 Å². The number of hydrogen-bond acceptors (Lipinski definition) is 4. The average molecular weight is 521 g/mol. The van der Waals surface area contributed by atoms with E-state index in [4.69, 9.17) is 4.74 Å². The van der Waals surface area contributed by atoms with Gasteiger partial charge in [-0.1, -0.05) is 6.08 Å². The smallest absolute Gasteiger partial charge is 0.420 e. The number of carbonyl (C=O) groups is 1. The maximum Gasteiger partial charge on any atom is 0.420 e. The van der Waals surface area contributed by atoms with Crippen LogP contribution in [0.2, 0.25) is 0 Å². The molecule has 1 aliphatic carbocycles. The van der Waals surface area contributed by atoms with Crippen LogP contribution in [0.5, 0.6) is 0 Å². The van der Waals surface area contributed by atoms with E-state index in [1.54, 1.807) is 12.4 Å². The van der Waals surface area contributed by atoms with Crippen LogP contribution in [-0.2, 0) is 11.2 Å². The van der Waals surface area contributed by atoms with Crippen molar-refractivity contribution in [3.05, 3.63) is 62.6 Å². The highest BCUT2D eigenvalue weighted by Gasteiger charge is 2.20. The van der Waals surface area contributed by atoms with Gasteiger partial charge in [-0.05, 0) is 89.7 Å². The minimum Gasteiger partial charge on any atom is -0.443 e. The van der Waals surface area contributed by atoms with Crippen molar-refractivity contribution in [2.45, 2.75) is 46.6 Å². The van der Waals surface area contributed by atoms with Gasteiger partial charge in [-0.2, -0.15) is 0 Å². The number of halogens is 2. The Morgan fingerprint density at radius 2 is 1.76 bits per heavy atom. The molecule has 0 aliphatic heterocycles. The Kier molecular flexibility index (Phi) is 6.29. The first-order valence-corrected chi connectivity index (χ1v) is 10.8. The second kappa shape index (κ2) is 8.40. The van der Waals surface area contributed by atoms with Crippen molar-refractivity contribution >= 4 is 54.6 Å². The molecule has 0 saturated heterocycles. The van der Waals surface area contributed by atoms with Gasteiger partial charge in [0.2, 0.25) is 0 Å². The first-order chi connectivity index (χ1) is 13.5. The van der Waals surface area contributed by atoms with Crippen molar-refractivity contribution in [3.8, 4) is 0 Å². The summed E-state index contributed by atoms with van der Waals surface area (Å²) in [6.45, 7) is 9.59. The highest BCUT2D eigenvalue weighted by Crippen LogP contribution is 2.27. The molecule has 0 fully saturated rings. The zero-order valence-corrected chi connectivity index (χ0v) is 20.3. The molecule has 3 aromatic heterocycles. The molecule has 1 aliphatic rings. The molecular formula is C22H23Br2N3O2. The van der Waals surface area contributed by atoms with Gasteiger partial charge in [0.15, 0.2) is 0 Å². The largest absolute Gasteiger partial charge is 0.443 e. The van der Waals surface area contributed by atoms with E-state index in [0.29, 0.717) is 5.65 Å². The van der Waals surface area contributed by atoms with Crippen LogP contribution in [0.4, 0.5) is 4.79 Å². The summed E-state index contributed by atoms with van der Waals surface area (Å²) in [6, 6.07) is 4.07. The molecule has 4 rings (SSSR count). The molecule has 5 nitrogen and oxygen atoms in total. The zero-order valence-electron chi connectivity index (χ0n) is 17.1. The molecule has 0 amide bonds. The van der Waals surface area contributed by atoms with Crippen molar-refractivity contribution in [2.24, 2.45) is 0 Å². The second-order valence-electron chi connectivity index (χ2n) is 7.93. The van der Waals surface area contributed by atoms with Gasteiger partial charge in [0.25, 0.3) is 0 Å². The molecule has 152 valence electrons. The van der Waals surface area contributed by atoms with Gasteiger partial charge >= 0.3 is 6.09 Å². The van der Waals surface area contributed by atoms with Crippen molar-refractivity contribution in [2.75, 3.05) is 0 Å². The summed E-state index contributed by atoms with van der Waals surface area (Å²) < 4.78 is 8.74. The lowest BCUT2D eigenvalue weighted by Gasteiger charge is -2.19. The summed E-state index contributed by atoms with van der Waals surface area (Å²) in [7, 11) is 0. The van der Waals surface area contributed by atoms with E-state index in [9.17, 15) is 4.79 Å². The first kappa shape index (κ1) is 21.7. The van der Waals surface area contributed by atoms with Gasteiger partial charge in [-0.3, -0.25) is 4.98 Å². The van der Waals surface area contributed by atoms with E-state index >= 15 is 0 Å². The maximum absolute atomic E-state index is 12.1. The Morgan fingerprint density at radius 1 is 1.10 bits per heavy atom. The summed E-state index contributed by atoms with van der Waals surface area (Å²) in [4.78, 5) is 20.6. The zero-order chi connectivity index (χ0) is 21.3. The summed E-state index contributed by atoms with van der Waals surface area (Å²) in [5.74, 6) is 0. The molecule has 3 heterocycles. The molecule has 0 spiro atoms.